The van der Waals surface area contributed by atoms with E-state index in [4.69, 9.17) is 4.74 Å². The number of ketones is 1. The number of ether oxygens (including phenoxy) is 1. The van der Waals surface area contributed by atoms with Crippen LogP contribution in [0.5, 0.6) is 5.75 Å². The molecule has 29 heavy (non-hydrogen) atoms. The number of amides is 1. The summed E-state index contributed by atoms with van der Waals surface area (Å²) in [4.78, 5) is 27.7. The fourth-order valence-electron chi connectivity index (χ4n) is 3.88. The van der Waals surface area contributed by atoms with E-state index >= 15 is 0 Å². The molecular weight excluding hydrogens is 366 g/mol. The summed E-state index contributed by atoms with van der Waals surface area (Å²) in [7, 11) is 1.55. The number of Topliss-reactive ketones (excluding diaryl/α,β-unsaturated/α-hetero) is 1. The minimum absolute atomic E-state index is 0.103. The number of rotatable bonds is 6. The number of carbonyl (C=O) groups excluding carboxylic acids is 2. The fraction of sp³-hybridized carbons (Fsp3) is 0.333. The number of anilines is 1. The third kappa shape index (κ3) is 3.77. The van der Waals surface area contributed by atoms with Gasteiger partial charge in [-0.15, -0.1) is 0 Å². The van der Waals surface area contributed by atoms with Crippen LogP contribution in [0.15, 0.2) is 53.8 Å². The number of aryl methyl sites for hydroxylation is 2. The van der Waals surface area contributed by atoms with Crippen LogP contribution in [0.4, 0.5) is 5.69 Å². The maximum atomic E-state index is 13.2. The molecule has 1 amide bonds. The molecule has 1 aliphatic rings. The summed E-state index contributed by atoms with van der Waals surface area (Å²) in [5, 5.41) is 10.7. The standard InChI is InChI=1S/C24H27NO4/c1-14(2)12-19(26)21-22(17-8-6-7-9-20(17)29-5)25(24(28)23(21)27)18-11-10-15(3)13-16(18)4/h6-11,13-14,22,27H,12H2,1-5H3. The van der Waals surface area contributed by atoms with Crippen LogP contribution in [0.3, 0.4) is 0 Å². The van der Waals surface area contributed by atoms with Gasteiger partial charge in [0.1, 0.15) is 5.75 Å². The van der Waals surface area contributed by atoms with E-state index in [0.29, 0.717) is 17.0 Å². The third-order valence-corrected chi connectivity index (χ3v) is 5.15. The molecule has 1 N–H and O–H groups in total. The molecule has 0 spiro atoms. The minimum Gasteiger partial charge on any atom is -0.503 e. The van der Waals surface area contributed by atoms with Gasteiger partial charge in [-0.05, 0) is 37.5 Å². The Morgan fingerprint density at radius 1 is 1.17 bits per heavy atom. The summed E-state index contributed by atoms with van der Waals surface area (Å²) in [6.45, 7) is 7.77. The molecule has 2 aromatic rings. The lowest BCUT2D eigenvalue weighted by atomic mass is 9.91. The molecule has 5 nitrogen and oxygen atoms in total. The van der Waals surface area contributed by atoms with E-state index in [1.54, 1.807) is 13.2 Å². The lowest BCUT2D eigenvalue weighted by molar-refractivity contribution is -0.118. The van der Waals surface area contributed by atoms with Crippen molar-refractivity contribution in [2.24, 2.45) is 5.92 Å². The molecular formula is C24H27NO4. The summed E-state index contributed by atoms with van der Waals surface area (Å²) < 4.78 is 5.52. The van der Waals surface area contributed by atoms with Crippen molar-refractivity contribution in [3.05, 3.63) is 70.5 Å². The summed E-state index contributed by atoms with van der Waals surface area (Å²) >= 11 is 0. The third-order valence-electron chi connectivity index (χ3n) is 5.15. The van der Waals surface area contributed by atoms with Crippen molar-refractivity contribution in [3.8, 4) is 5.75 Å². The second-order valence-electron chi connectivity index (χ2n) is 7.89. The molecule has 0 aliphatic carbocycles. The van der Waals surface area contributed by atoms with Crippen LogP contribution in [-0.4, -0.2) is 23.9 Å². The van der Waals surface area contributed by atoms with Gasteiger partial charge in [0.05, 0.1) is 18.7 Å². The van der Waals surface area contributed by atoms with Crippen LogP contribution in [0.25, 0.3) is 0 Å². The first-order valence-electron chi connectivity index (χ1n) is 9.76. The van der Waals surface area contributed by atoms with Crippen molar-refractivity contribution in [1.29, 1.82) is 0 Å². The van der Waals surface area contributed by atoms with E-state index in [2.05, 4.69) is 0 Å². The molecule has 5 heteroatoms. The van der Waals surface area contributed by atoms with Crippen LogP contribution in [-0.2, 0) is 9.59 Å². The monoisotopic (exact) mass is 393 g/mol. The highest BCUT2D eigenvalue weighted by Gasteiger charge is 2.45. The van der Waals surface area contributed by atoms with Crippen LogP contribution in [0.2, 0.25) is 0 Å². The van der Waals surface area contributed by atoms with Gasteiger partial charge in [-0.25, -0.2) is 0 Å². The molecule has 0 fully saturated rings. The average molecular weight is 393 g/mol. The van der Waals surface area contributed by atoms with Crippen LogP contribution >= 0.6 is 0 Å². The molecule has 0 radical (unpaired) electrons. The lowest BCUT2D eigenvalue weighted by Gasteiger charge is -2.29. The lowest BCUT2D eigenvalue weighted by Crippen LogP contribution is -2.32. The van der Waals surface area contributed by atoms with Crippen LogP contribution in [0.1, 0.15) is 43.0 Å². The first-order chi connectivity index (χ1) is 13.8. The summed E-state index contributed by atoms with van der Waals surface area (Å²) in [5.74, 6) is -0.614. The van der Waals surface area contributed by atoms with Crippen LogP contribution in [0, 0.1) is 19.8 Å². The number of aliphatic hydroxyl groups is 1. The van der Waals surface area contributed by atoms with Gasteiger partial charge in [0.2, 0.25) is 0 Å². The molecule has 0 aromatic heterocycles. The molecule has 0 saturated carbocycles. The minimum atomic E-state index is -0.744. The molecule has 1 aliphatic heterocycles. The normalized spacial score (nSPS) is 16.7. The van der Waals surface area contributed by atoms with E-state index in [1.165, 1.54) is 4.90 Å². The highest BCUT2D eigenvalue weighted by molar-refractivity contribution is 6.16. The number of para-hydroxylation sites is 1. The van der Waals surface area contributed by atoms with Gasteiger partial charge in [-0.2, -0.15) is 0 Å². The quantitative estimate of drug-likeness (QED) is 0.763. The number of nitrogens with zero attached hydrogens (tertiary/aromatic N) is 1. The first kappa shape index (κ1) is 20.6. The Morgan fingerprint density at radius 2 is 1.86 bits per heavy atom. The Hall–Kier alpha value is -3.08. The molecule has 2 aromatic carbocycles. The smallest absolute Gasteiger partial charge is 0.294 e. The van der Waals surface area contributed by atoms with Gasteiger partial charge in [0.15, 0.2) is 11.5 Å². The Morgan fingerprint density at radius 3 is 2.48 bits per heavy atom. The largest absolute Gasteiger partial charge is 0.503 e. The first-order valence-corrected chi connectivity index (χ1v) is 9.76. The Labute approximate surface area is 171 Å². The zero-order valence-electron chi connectivity index (χ0n) is 17.5. The van der Waals surface area contributed by atoms with Crippen molar-refractivity contribution in [3.63, 3.8) is 0 Å². The second-order valence-corrected chi connectivity index (χ2v) is 7.89. The molecule has 1 heterocycles. The summed E-state index contributed by atoms with van der Waals surface area (Å²) in [6, 6.07) is 12.3. The number of methoxy groups -OCH3 is 1. The van der Waals surface area contributed by atoms with Gasteiger partial charge in [0, 0.05) is 17.7 Å². The van der Waals surface area contributed by atoms with Gasteiger partial charge in [0.25, 0.3) is 5.91 Å². The molecule has 152 valence electrons. The van der Waals surface area contributed by atoms with Crippen LogP contribution < -0.4 is 9.64 Å². The van der Waals surface area contributed by atoms with Crippen molar-refractivity contribution in [1.82, 2.24) is 0 Å². The van der Waals surface area contributed by atoms with E-state index in [1.807, 2.05) is 64.1 Å². The molecule has 3 rings (SSSR count). The van der Waals surface area contributed by atoms with Crippen molar-refractivity contribution < 1.29 is 19.4 Å². The van der Waals surface area contributed by atoms with E-state index in [-0.39, 0.29) is 23.7 Å². The van der Waals surface area contributed by atoms with E-state index < -0.39 is 17.7 Å². The highest BCUT2D eigenvalue weighted by Crippen LogP contribution is 2.45. The number of benzene rings is 2. The Bertz CT molecular complexity index is 990. The maximum Gasteiger partial charge on any atom is 0.294 e. The van der Waals surface area contributed by atoms with Crippen molar-refractivity contribution >= 4 is 17.4 Å². The predicted molar refractivity (Wildman–Crippen MR) is 113 cm³/mol. The maximum absolute atomic E-state index is 13.2. The fourth-order valence-corrected chi connectivity index (χ4v) is 3.88. The second kappa shape index (κ2) is 8.11. The average Bonchev–Trinajstić information content (AvgIpc) is 2.92. The predicted octanol–water partition coefficient (Wildman–Crippen LogP) is 4.83. The van der Waals surface area contributed by atoms with E-state index in [9.17, 15) is 14.7 Å². The topological polar surface area (TPSA) is 66.8 Å². The zero-order chi connectivity index (χ0) is 21.3. The summed E-state index contributed by atoms with van der Waals surface area (Å²) in [5.41, 5.74) is 3.42. The molecule has 1 unspecified atom stereocenters. The molecule has 0 saturated heterocycles. The number of aliphatic hydroxyl groups excluding tert-OH is 1. The van der Waals surface area contributed by atoms with Crippen molar-refractivity contribution in [2.45, 2.75) is 40.2 Å². The highest BCUT2D eigenvalue weighted by atomic mass is 16.5. The zero-order valence-corrected chi connectivity index (χ0v) is 17.5. The molecule has 1 atom stereocenters. The van der Waals surface area contributed by atoms with Gasteiger partial charge in [-0.3, -0.25) is 14.5 Å². The number of hydrogen-bond acceptors (Lipinski definition) is 4. The van der Waals surface area contributed by atoms with Gasteiger partial charge < -0.3 is 9.84 Å². The Kier molecular flexibility index (Phi) is 5.78. The van der Waals surface area contributed by atoms with Gasteiger partial charge >= 0.3 is 0 Å². The summed E-state index contributed by atoms with van der Waals surface area (Å²) in [6.07, 6.45) is 0.249. The SMILES string of the molecule is COc1ccccc1C1C(C(=O)CC(C)C)=C(O)C(=O)N1c1ccc(C)cc1C. The van der Waals surface area contributed by atoms with Gasteiger partial charge in [-0.1, -0.05) is 49.7 Å². The Balaban J connectivity index is 2.23. The number of hydrogen-bond donors (Lipinski definition) is 1. The molecule has 0 bridgehead atoms. The van der Waals surface area contributed by atoms with Crippen molar-refractivity contribution in [2.75, 3.05) is 12.0 Å². The van der Waals surface area contributed by atoms with E-state index in [0.717, 1.165) is 11.1 Å². The number of carbonyl (C=O) groups is 2.